The van der Waals surface area contributed by atoms with E-state index in [-0.39, 0.29) is 23.3 Å². The van der Waals surface area contributed by atoms with Crippen molar-refractivity contribution in [3.05, 3.63) is 39.4 Å². The van der Waals surface area contributed by atoms with Gasteiger partial charge in [-0.2, -0.15) is 0 Å². The van der Waals surface area contributed by atoms with E-state index in [9.17, 15) is 14.9 Å². The molecule has 0 aliphatic carbocycles. The van der Waals surface area contributed by atoms with Gasteiger partial charge >= 0.3 is 0 Å². The summed E-state index contributed by atoms with van der Waals surface area (Å²) in [6, 6.07) is 4.30. The minimum Gasteiger partial charge on any atom is -0.396 e. The molecule has 0 atom stereocenters. The molecule has 0 saturated carbocycles. The molecule has 0 aromatic heterocycles. The largest absolute Gasteiger partial charge is 0.396 e. The highest BCUT2D eigenvalue weighted by atomic mass is 16.6. The predicted molar refractivity (Wildman–Crippen MR) is 88.0 cm³/mol. The Balaban J connectivity index is 3.06. The molecule has 1 rings (SSSR count). The van der Waals surface area contributed by atoms with Crippen LogP contribution in [-0.2, 0) is 6.54 Å². The molecule has 7 heteroatoms. The number of primary amides is 1. The van der Waals surface area contributed by atoms with Gasteiger partial charge in [-0.3, -0.25) is 19.8 Å². The summed E-state index contributed by atoms with van der Waals surface area (Å²) >= 11 is 0. The van der Waals surface area contributed by atoms with Gasteiger partial charge in [-0.25, -0.2) is 0 Å². The fourth-order valence-electron chi connectivity index (χ4n) is 2.44. The predicted octanol–water partition coefficient (Wildman–Crippen LogP) is 1.92. The minimum absolute atomic E-state index is 0.0252. The van der Waals surface area contributed by atoms with Crippen molar-refractivity contribution in [3.63, 3.8) is 0 Å². The lowest BCUT2D eigenvalue weighted by Gasteiger charge is -2.29. The van der Waals surface area contributed by atoms with Crippen molar-refractivity contribution in [2.75, 3.05) is 19.7 Å². The van der Waals surface area contributed by atoms with Crippen molar-refractivity contribution in [2.24, 2.45) is 11.1 Å². The first-order chi connectivity index (χ1) is 10.6. The second-order valence-corrected chi connectivity index (χ2v) is 6.81. The average Bonchev–Trinajstić information content (AvgIpc) is 2.43. The molecular weight excluding hydrogens is 298 g/mol. The summed E-state index contributed by atoms with van der Waals surface area (Å²) in [5.41, 5.74) is 5.75. The third-order valence-electron chi connectivity index (χ3n) is 3.29. The van der Waals surface area contributed by atoms with E-state index >= 15 is 0 Å². The monoisotopic (exact) mass is 323 g/mol. The Kier molecular flexibility index (Phi) is 6.65. The van der Waals surface area contributed by atoms with Crippen molar-refractivity contribution >= 4 is 11.6 Å². The molecule has 0 saturated heterocycles. The second-order valence-electron chi connectivity index (χ2n) is 6.81. The Morgan fingerprint density at radius 1 is 1.39 bits per heavy atom. The van der Waals surface area contributed by atoms with Crippen LogP contribution in [0.2, 0.25) is 0 Å². The van der Waals surface area contributed by atoms with Crippen molar-refractivity contribution in [3.8, 4) is 0 Å². The van der Waals surface area contributed by atoms with E-state index in [4.69, 9.17) is 10.8 Å². The minimum atomic E-state index is -0.688. The van der Waals surface area contributed by atoms with Crippen molar-refractivity contribution in [2.45, 2.75) is 33.7 Å². The summed E-state index contributed by atoms with van der Waals surface area (Å²) in [5, 5.41) is 20.3. The number of rotatable bonds is 8. The smallest absolute Gasteiger partial charge is 0.274 e. The zero-order valence-electron chi connectivity index (χ0n) is 13.9. The lowest BCUT2D eigenvalue weighted by atomic mass is 9.95. The zero-order chi connectivity index (χ0) is 17.6. The number of aliphatic hydroxyl groups is 1. The molecule has 7 nitrogen and oxygen atoms in total. The maximum absolute atomic E-state index is 11.3. The Hall–Kier alpha value is -1.99. The molecule has 128 valence electrons. The molecule has 1 aromatic rings. The van der Waals surface area contributed by atoms with Crippen LogP contribution in [0.3, 0.4) is 0 Å². The number of benzene rings is 1. The van der Waals surface area contributed by atoms with Crippen molar-refractivity contribution in [1.29, 1.82) is 0 Å². The number of hydrogen-bond acceptors (Lipinski definition) is 5. The number of hydrogen-bond donors (Lipinski definition) is 2. The van der Waals surface area contributed by atoms with Gasteiger partial charge in [0.05, 0.1) is 4.92 Å². The molecule has 3 N–H and O–H groups in total. The molecule has 0 fully saturated rings. The molecule has 0 radical (unpaired) electrons. The number of nitro groups is 1. The van der Waals surface area contributed by atoms with E-state index in [0.717, 1.165) is 6.54 Å². The van der Waals surface area contributed by atoms with Gasteiger partial charge in [0, 0.05) is 43.4 Å². The summed E-state index contributed by atoms with van der Waals surface area (Å²) in [6.07, 6.45) is 0.600. The van der Waals surface area contributed by atoms with Gasteiger partial charge in [-0.15, -0.1) is 0 Å². The van der Waals surface area contributed by atoms with Gasteiger partial charge in [0.2, 0.25) is 5.91 Å². The Labute approximate surface area is 136 Å². The Bertz CT molecular complexity index is 567. The Morgan fingerprint density at radius 2 is 2.04 bits per heavy atom. The molecule has 0 aliphatic heterocycles. The van der Waals surface area contributed by atoms with Gasteiger partial charge in [0.1, 0.15) is 0 Å². The molecule has 0 spiro atoms. The van der Waals surface area contributed by atoms with Crippen molar-refractivity contribution < 1.29 is 14.8 Å². The quantitative estimate of drug-likeness (QED) is 0.561. The number of nitrogens with two attached hydrogens (primary N) is 1. The lowest BCUT2D eigenvalue weighted by Crippen LogP contribution is -2.33. The van der Waals surface area contributed by atoms with Crippen LogP contribution in [0.4, 0.5) is 5.69 Å². The lowest BCUT2D eigenvalue weighted by molar-refractivity contribution is -0.385. The van der Waals surface area contributed by atoms with E-state index in [2.05, 4.69) is 25.7 Å². The average molecular weight is 323 g/mol. The molecule has 23 heavy (non-hydrogen) atoms. The number of carbonyl (C=O) groups excluding carboxylic acids is 1. The summed E-state index contributed by atoms with van der Waals surface area (Å²) in [4.78, 5) is 24.0. The van der Waals surface area contributed by atoms with Gasteiger partial charge in [-0.05, 0) is 17.9 Å². The summed E-state index contributed by atoms with van der Waals surface area (Å²) in [7, 11) is 0. The summed E-state index contributed by atoms with van der Waals surface area (Å²) in [5.74, 6) is -0.688. The van der Waals surface area contributed by atoms with E-state index < -0.39 is 10.8 Å². The SMILES string of the molecule is CC(C)(C)CN(CCCO)Cc1ccc(C(N)=O)cc1[N+](=O)[O-]. The van der Waals surface area contributed by atoms with Crippen LogP contribution in [0.5, 0.6) is 0 Å². The van der Waals surface area contributed by atoms with E-state index in [0.29, 0.717) is 25.1 Å². The van der Waals surface area contributed by atoms with E-state index in [1.807, 2.05) is 0 Å². The molecule has 0 bridgehead atoms. The number of amides is 1. The van der Waals surface area contributed by atoms with Crippen LogP contribution >= 0.6 is 0 Å². The van der Waals surface area contributed by atoms with Crippen LogP contribution in [0.25, 0.3) is 0 Å². The Morgan fingerprint density at radius 3 is 2.52 bits per heavy atom. The van der Waals surface area contributed by atoms with Gasteiger partial charge in [0.25, 0.3) is 5.69 Å². The fraction of sp³-hybridized carbons (Fsp3) is 0.562. The van der Waals surface area contributed by atoms with E-state index in [1.54, 1.807) is 6.07 Å². The van der Waals surface area contributed by atoms with Gasteiger partial charge in [0.15, 0.2) is 0 Å². The highest BCUT2D eigenvalue weighted by Crippen LogP contribution is 2.24. The van der Waals surface area contributed by atoms with Gasteiger partial charge in [-0.1, -0.05) is 26.8 Å². The van der Waals surface area contributed by atoms with Gasteiger partial charge < -0.3 is 10.8 Å². The summed E-state index contributed by atoms with van der Waals surface area (Å²) < 4.78 is 0. The highest BCUT2D eigenvalue weighted by Gasteiger charge is 2.21. The number of aliphatic hydroxyl groups excluding tert-OH is 1. The first kappa shape index (κ1) is 19.1. The molecule has 0 aliphatic rings. The number of nitro benzene ring substituents is 1. The maximum Gasteiger partial charge on any atom is 0.274 e. The molecule has 1 amide bonds. The second kappa shape index (κ2) is 8.03. The van der Waals surface area contributed by atoms with Crippen LogP contribution < -0.4 is 5.73 Å². The number of nitrogens with zero attached hydrogens (tertiary/aromatic N) is 2. The van der Waals surface area contributed by atoms with Crippen LogP contribution in [0.1, 0.15) is 43.1 Å². The topological polar surface area (TPSA) is 110 Å². The maximum atomic E-state index is 11.3. The fourth-order valence-corrected chi connectivity index (χ4v) is 2.44. The van der Waals surface area contributed by atoms with Crippen LogP contribution in [-0.4, -0.2) is 40.5 Å². The molecule has 1 aromatic carbocycles. The zero-order valence-corrected chi connectivity index (χ0v) is 13.9. The first-order valence-electron chi connectivity index (χ1n) is 7.54. The van der Waals surface area contributed by atoms with Crippen LogP contribution in [0.15, 0.2) is 18.2 Å². The highest BCUT2D eigenvalue weighted by molar-refractivity contribution is 5.93. The third kappa shape index (κ3) is 6.33. The standard InChI is InChI=1S/C16H25N3O4/c1-16(2,3)11-18(7-4-8-20)10-13-6-5-12(15(17)21)9-14(13)19(22)23/h5-6,9,20H,4,7-8,10-11H2,1-3H3,(H2,17,21). The molecule has 0 unspecified atom stereocenters. The summed E-state index contributed by atoms with van der Waals surface area (Å²) in [6.45, 7) is 8.09. The van der Waals surface area contributed by atoms with Crippen LogP contribution in [0, 0.1) is 15.5 Å². The third-order valence-corrected chi connectivity index (χ3v) is 3.29. The number of carbonyl (C=O) groups is 1. The first-order valence-corrected chi connectivity index (χ1v) is 7.54. The molecule has 0 heterocycles. The molecular formula is C16H25N3O4. The van der Waals surface area contributed by atoms with Crippen molar-refractivity contribution in [1.82, 2.24) is 4.90 Å². The van der Waals surface area contributed by atoms with E-state index in [1.165, 1.54) is 12.1 Å². The normalized spacial score (nSPS) is 11.7.